The molecular formula is C23H18BrN2O4+. The first-order valence-corrected chi connectivity index (χ1v) is 11.0. The predicted molar refractivity (Wildman–Crippen MR) is 110 cm³/mol. The molecule has 1 N–H and O–H groups in total. The molecule has 6 rings (SSSR count). The summed E-state index contributed by atoms with van der Waals surface area (Å²) in [5.74, 6) is -2.89. The van der Waals surface area contributed by atoms with Gasteiger partial charge in [-0.05, 0) is 24.3 Å². The van der Waals surface area contributed by atoms with Gasteiger partial charge in [0, 0.05) is 28.4 Å². The quantitative estimate of drug-likeness (QED) is 0.510. The third-order valence-corrected chi connectivity index (χ3v) is 7.91. The van der Waals surface area contributed by atoms with Gasteiger partial charge in [-0.1, -0.05) is 40.2 Å². The Morgan fingerprint density at radius 2 is 1.53 bits per heavy atom. The third-order valence-electron chi connectivity index (χ3n) is 7.38. The number of nitrogens with zero attached hydrogens (tertiary/aromatic N) is 1. The average molecular weight is 466 g/mol. The molecule has 150 valence electrons. The van der Waals surface area contributed by atoms with Crippen LogP contribution in [0.4, 0.5) is 5.69 Å². The molecule has 6 nitrogen and oxygen atoms in total. The molecule has 2 aromatic rings. The van der Waals surface area contributed by atoms with Gasteiger partial charge in [0.25, 0.3) is 0 Å². The number of hydrogen-bond donors (Lipinski definition) is 1. The van der Waals surface area contributed by atoms with E-state index in [-0.39, 0.29) is 23.5 Å². The van der Waals surface area contributed by atoms with Gasteiger partial charge < -0.3 is 4.90 Å². The number of benzene rings is 2. The van der Waals surface area contributed by atoms with Gasteiger partial charge in [0.15, 0.2) is 0 Å². The highest BCUT2D eigenvalue weighted by Gasteiger charge is 2.80. The van der Waals surface area contributed by atoms with Crippen LogP contribution in [0.2, 0.25) is 0 Å². The van der Waals surface area contributed by atoms with Crippen LogP contribution in [0, 0.1) is 11.8 Å². The molecule has 4 atom stereocenters. The third kappa shape index (κ3) is 1.93. The molecule has 3 fully saturated rings. The summed E-state index contributed by atoms with van der Waals surface area (Å²) < 4.78 is 0.838. The lowest BCUT2D eigenvalue weighted by atomic mass is 9.76. The summed E-state index contributed by atoms with van der Waals surface area (Å²) in [4.78, 5) is 56.7. The van der Waals surface area contributed by atoms with Crippen molar-refractivity contribution in [1.82, 2.24) is 0 Å². The first-order chi connectivity index (χ1) is 14.5. The van der Waals surface area contributed by atoms with Crippen LogP contribution in [0.15, 0.2) is 53.0 Å². The molecule has 4 aliphatic rings. The molecule has 0 bridgehead atoms. The Morgan fingerprint density at radius 1 is 0.900 bits per heavy atom. The van der Waals surface area contributed by atoms with Gasteiger partial charge in [-0.3, -0.25) is 19.2 Å². The Hall–Kier alpha value is -2.64. The number of quaternary nitrogens is 1. The van der Waals surface area contributed by atoms with Crippen molar-refractivity contribution in [2.45, 2.75) is 24.4 Å². The number of fused-ring (bicyclic) bond motifs is 6. The lowest BCUT2D eigenvalue weighted by Gasteiger charge is -2.32. The van der Waals surface area contributed by atoms with E-state index in [4.69, 9.17) is 0 Å². The van der Waals surface area contributed by atoms with Crippen LogP contribution in [0.25, 0.3) is 0 Å². The Bertz CT molecular complexity index is 1120. The van der Waals surface area contributed by atoms with Crippen molar-refractivity contribution < 1.29 is 24.1 Å². The van der Waals surface area contributed by atoms with Crippen molar-refractivity contribution in [2.24, 2.45) is 11.8 Å². The summed E-state index contributed by atoms with van der Waals surface area (Å²) in [6.45, 7) is 0.627. The van der Waals surface area contributed by atoms with Crippen molar-refractivity contribution >= 4 is 45.0 Å². The molecule has 3 saturated heterocycles. The van der Waals surface area contributed by atoms with E-state index in [1.807, 2.05) is 0 Å². The van der Waals surface area contributed by atoms with Crippen molar-refractivity contribution in [3.05, 3.63) is 64.1 Å². The molecule has 0 radical (unpaired) electrons. The SMILES string of the molecule is O=C1[C@H]2[C@@H](C(=O)N1c1ccc(Br)cc1)C1(C(=O)c3ccccc3C1=O)[NH+]1CCC[C@@H]21. The average Bonchev–Trinajstić information content (AvgIpc) is 3.44. The molecule has 30 heavy (non-hydrogen) atoms. The number of Topliss-reactive ketones (excluding diaryl/α,β-unsaturated/α-hetero) is 2. The van der Waals surface area contributed by atoms with Crippen LogP contribution in [-0.4, -0.2) is 41.5 Å². The minimum Gasteiger partial charge on any atom is -0.313 e. The molecule has 1 aliphatic carbocycles. The van der Waals surface area contributed by atoms with Crippen LogP contribution in [0.1, 0.15) is 33.6 Å². The van der Waals surface area contributed by atoms with Gasteiger partial charge in [-0.2, -0.15) is 0 Å². The smallest absolute Gasteiger partial charge is 0.245 e. The summed E-state index contributed by atoms with van der Waals surface area (Å²) in [6.07, 6.45) is 1.57. The number of carbonyl (C=O) groups is 4. The van der Waals surface area contributed by atoms with Crippen LogP contribution >= 0.6 is 15.9 Å². The van der Waals surface area contributed by atoms with Crippen molar-refractivity contribution in [3.8, 4) is 0 Å². The second-order valence-electron chi connectivity index (χ2n) is 8.53. The van der Waals surface area contributed by atoms with E-state index in [0.717, 1.165) is 22.2 Å². The van der Waals surface area contributed by atoms with Crippen LogP contribution in [0.5, 0.6) is 0 Å². The lowest BCUT2D eigenvalue weighted by molar-refractivity contribution is -0.930. The number of hydrogen-bond acceptors (Lipinski definition) is 4. The van der Waals surface area contributed by atoms with Crippen molar-refractivity contribution in [3.63, 3.8) is 0 Å². The second-order valence-corrected chi connectivity index (χ2v) is 9.44. The Kier molecular flexibility index (Phi) is 3.60. The van der Waals surface area contributed by atoms with Gasteiger partial charge in [-0.15, -0.1) is 0 Å². The van der Waals surface area contributed by atoms with E-state index in [1.165, 1.54) is 4.90 Å². The number of carbonyl (C=O) groups excluding carboxylic acids is 4. The molecule has 3 heterocycles. The highest BCUT2D eigenvalue weighted by Crippen LogP contribution is 2.48. The van der Waals surface area contributed by atoms with Crippen molar-refractivity contribution in [1.29, 1.82) is 0 Å². The van der Waals surface area contributed by atoms with Crippen LogP contribution < -0.4 is 9.80 Å². The number of ketones is 2. The number of halogens is 1. The highest BCUT2D eigenvalue weighted by molar-refractivity contribution is 9.10. The number of anilines is 1. The Morgan fingerprint density at radius 3 is 2.17 bits per heavy atom. The lowest BCUT2D eigenvalue weighted by Crippen LogP contribution is -3.22. The van der Waals surface area contributed by atoms with E-state index < -0.39 is 23.3 Å². The van der Waals surface area contributed by atoms with E-state index in [2.05, 4.69) is 15.9 Å². The number of amides is 2. The predicted octanol–water partition coefficient (Wildman–Crippen LogP) is 1.43. The van der Waals surface area contributed by atoms with Gasteiger partial charge in [0.2, 0.25) is 28.9 Å². The standard InChI is InChI=1S/C23H17BrN2O4/c24-12-7-9-13(10-8-12)26-21(29)17-16-6-3-11-25(16)23(18(17)22(26)30)19(27)14-4-1-2-5-15(14)20(23)28/h1-2,4-5,7-10,16-18H,3,6,11H2/p+1/t16-,17+,18-/m0/s1. The zero-order valence-electron chi connectivity index (χ0n) is 15.9. The molecule has 0 aromatic heterocycles. The van der Waals surface area contributed by atoms with Gasteiger partial charge in [0.1, 0.15) is 17.9 Å². The normalized spacial score (nSPS) is 30.9. The number of rotatable bonds is 1. The number of nitrogens with one attached hydrogen (secondary N) is 1. The molecule has 1 spiro atoms. The van der Waals surface area contributed by atoms with Gasteiger partial charge >= 0.3 is 0 Å². The van der Waals surface area contributed by atoms with Gasteiger partial charge in [0.05, 0.1) is 12.2 Å². The molecule has 1 unspecified atom stereocenters. The fourth-order valence-corrected chi connectivity index (χ4v) is 6.60. The summed E-state index contributed by atoms with van der Waals surface area (Å²) in [7, 11) is 0. The monoisotopic (exact) mass is 465 g/mol. The first kappa shape index (κ1) is 18.2. The molecule has 2 amide bonds. The van der Waals surface area contributed by atoms with E-state index in [1.54, 1.807) is 48.5 Å². The molecular weight excluding hydrogens is 448 g/mol. The van der Waals surface area contributed by atoms with Crippen LogP contribution in [0.3, 0.4) is 0 Å². The fraction of sp³-hybridized carbons (Fsp3) is 0.304. The Labute approximate surface area is 181 Å². The van der Waals surface area contributed by atoms with Crippen molar-refractivity contribution in [2.75, 3.05) is 11.4 Å². The molecule has 7 heteroatoms. The zero-order valence-corrected chi connectivity index (χ0v) is 17.5. The maximum Gasteiger partial charge on any atom is 0.245 e. The van der Waals surface area contributed by atoms with E-state index >= 15 is 0 Å². The first-order valence-electron chi connectivity index (χ1n) is 10.2. The fourth-order valence-electron chi connectivity index (χ4n) is 6.34. The minimum atomic E-state index is -1.51. The van der Waals surface area contributed by atoms with Gasteiger partial charge in [-0.25, -0.2) is 4.90 Å². The summed E-state index contributed by atoms with van der Waals surface area (Å²) in [5, 5.41) is 0. The highest BCUT2D eigenvalue weighted by atomic mass is 79.9. The second kappa shape index (κ2) is 5.95. The summed E-state index contributed by atoms with van der Waals surface area (Å²) in [6, 6.07) is 13.6. The zero-order chi connectivity index (χ0) is 20.8. The van der Waals surface area contributed by atoms with E-state index in [9.17, 15) is 19.2 Å². The largest absolute Gasteiger partial charge is 0.313 e. The molecule has 2 aromatic carbocycles. The molecule has 0 saturated carbocycles. The van der Waals surface area contributed by atoms with E-state index in [0.29, 0.717) is 23.4 Å². The summed E-state index contributed by atoms with van der Waals surface area (Å²) >= 11 is 3.37. The topological polar surface area (TPSA) is 76.0 Å². The minimum absolute atomic E-state index is 0.186. The number of imide groups is 1. The maximum atomic E-state index is 13.7. The summed E-state index contributed by atoms with van der Waals surface area (Å²) in [5.41, 5.74) is -0.271. The Balaban J connectivity index is 1.54. The molecule has 3 aliphatic heterocycles. The van der Waals surface area contributed by atoms with Crippen LogP contribution in [-0.2, 0) is 9.59 Å². The maximum absolute atomic E-state index is 13.7.